The summed E-state index contributed by atoms with van der Waals surface area (Å²) in [5.41, 5.74) is -2.18. The molecule has 1 fully saturated rings. The lowest BCUT2D eigenvalue weighted by atomic mass is 10.1. The number of aromatic nitrogens is 2. The molecule has 25 heavy (non-hydrogen) atoms. The van der Waals surface area contributed by atoms with Crippen molar-refractivity contribution in [3.05, 3.63) is 52.3 Å². The van der Waals surface area contributed by atoms with Crippen LogP contribution in [0.2, 0.25) is 0 Å². The number of carbonyl (C=O) groups is 2. The van der Waals surface area contributed by atoms with E-state index in [0.29, 0.717) is 5.69 Å². The van der Waals surface area contributed by atoms with Crippen LogP contribution in [0.25, 0.3) is 5.69 Å². The number of likely N-dealkylation sites (tertiary alicyclic amines) is 1. The van der Waals surface area contributed by atoms with E-state index in [2.05, 4.69) is 5.10 Å². The number of hydrogen-bond acceptors (Lipinski definition) is 5. The second kappa shape index (κ2) is 5.96. The summed E-state index contributed by atoms with van der Waals surface area (Å²) in [5.74, 6) is -2.19. The molecule has 1 amide bonds. The van der Waals surface area contributed by atoms with Crippen molar-refractivity contribution in [1.29, 1.82) is 0 Å². The molecule has 2 heterocycles. The van der Waals surface area contributed by atoms with E-state index in [1.54, 1.807) is 6.07 Å². The van der Waals surface area contributed by atoms with Gasteiger partial charge in [-0.3, -0.25) is 14.9 Å². The third-order valence-corrected chi connectivity index (χ3v) is 4.00. The molecule has 1 aliphatic heterocycles. The van der Waals surface area contributed by atoms with Crippen LogP contribution in [0.1, 0.15) is 16.9 Å². The number of nitrogens with zero attached hydrogens (tertiary/aromatic N) is 4. The first-order valence-corrected chi connectivity index (χ1v) is 7.32. The topological polar surface area (TPSA) is 119 Å². The van der Waals surface area contributed by atoms with Crippen molar-refractivity contribution >= 4 is 17.6 Å². The second-order valence-corrected chi connectivity index (χ2v) is 5.67. The van der Waals surface area contributed by atoms with Gasteiger partial charge in [0.25, 0.3) is 11.6 Å². The first-order valence-electron chi connectivity index (χ1n) is 7.32. The van der Waals surface area contributed by atoms with Crippen LogP contribution >= 0.6 is 0 Å². The van der Waals surface area contributed by atoms with Crippen molar-refractivity contribution in [1.82, 2.24) is 14.7 Å². The number of carboxylic acid groups (broad SMARTS) is 1. The smallest absolute Gasteiger partial charge is 0.343 e. The normalized spacial score (nSPS) is 19.8. The fourth-order valence-corrected chi connectivity index (χ4v) is 2.61. The molecule has 0 spiro atoms. The van der Waals surface area contributed by atoms with Gasteiger partial charge in [0.1, 0.15) is 0 Å². The fourth-order valence-electron chi connectivity index (χ4n) is 2.61. The zero-order valence-corrected chi connectivity index (χ0v) is 12.8. The number of nitro benzene ring substituents is 1. The van der Waals surface area contributed by atoms with Gasteiger partial charge in [-0.15, -0.1) is 0 Å². The van der Waals surface area contributed by atoms with Crippen LogP contribution in [-0.2, 0) is 4.79 Å². The maximum atomic E-state index is 14.1. The third kappa shape index (κ3) is 3.05. The summed E-state index contributed by atoms with van der Waals surface area (Å²) in [5, 5.41) is 23.7. The number of benzene rings is 1. The van der Waals surface area contributed by atoms with Crippen molar-refractivity contribution in [3.8, 4) is 5.69 Å². The Morgan fingerprint density at radius 1 is 1.36 bits per heavy atom. The van der Waals surface area contributed by atoms with Gasteiger partial charge in [-0.05, 0) is 12.1 Å². The SMILES string of the molecule is O=C(c1ccn(-c2cccc([N+](=O)[O-])c2)n1)N1CCC(F)(C(=O)O)C1. The van der Waals surface area contributed by atoms with Gasteiger partial charge in [0, 0.05) is 31.3 Å². The van der Waals surface area contributed by atoms with Gasteiger partial charge in [0.2, 0.25) is 5.67 Å². The first-order chi connectivity index (χ1) is 11.8. The minimum absolute atomic E-state index is 0.00106. The van der Waals surface area contributed by atoms with Crippen LogP contribution in [0.5, 0.6) is 0 Å². The van der Waals surface area contributed by atoms with Crippen LogP contribution in [0, 0.1) is 10.1 Å². The predicted molar refractivity (Wildman–Crippen MR) is 82.2 cm³/mol. The van der Waals surface area contributed by atoms with Crippen LogP contribution in [-0.4, -0.2) is 55.3 Å². The molecule has 1 unspecified atom stereocenters. The third-order valence-electron chi connectivity index (χ3n) is 4.00. The molecule has 0 radical (unpaired) electrons. The average molecular weight is 348 g/mol. The summed E-state index contributed by atoms with van der Waals surface area (Å²) in [6.45, 7) is -0.559. The van der Waals surface area contributed by atoms with E-state index in [1.165, 1.54) is 35.1 Å². The van der Waals surface area contributed by atoms with Crippen LogP contribution in [0.4, 0.5) is 10.1 Å². The Kier molecular flexibility index (Phi) is 3.95. The lowest BCUT2D eigenvalue weighted by molar-refractivity contribution is -0.384. The van der Waals surface area contributed by atoms with Gasteiger partial charge < -0.3 is 10.0 Å². The van der Waals surface area contributed by atoms with Crippen molar-refractivity contribution in [2.45, 2.75) is 12.1 Å². The van der Waals surface area contributed by atoms with Gasteiger partial charge in [-0.2, -0.15) is 5.10 Å². The molecule has 0 bridgehead atoms. The molecular weight excluding hydrogens is 335 g/mol. The number of amides is 1. The van der Waals surface area contributed by atoms with Crippen molar-refractivity contribution in [3.63, 3.8) is 0 Å². The molecule has 1 aromatic heterocycles. The summed E-state index contributed by atoms with van der Waals surface area (Å²) in [6.07, 6.45) is 1.17. The van der Waals surface area contributed by atoms with E-state index in [4.69, 9.17) is 5.11 Å². The van der Waals surface area contributed by atoms with Gasteiger partial charge in [0.15, 0.2) is 5.69 Å². The highest BCUT2D eigenvalue weighted by atomic mass is 19.1. The Labute approximate surface area is 140 Å². The fraction of sp³-hybridized carbons (Fsp3) is 0.267. The van der Waals surface area contributed by atoms with E-state index in [0.717, 1.165) is 4.90 Å². The van der Waals surface area contributed by atoms with Crippen LogP contribution < -0.4 is 0 Å². The minimum atomic E-state index is -2.45. The molecule has 0 saturated carbocycles. The highest BCUT2D eigenvalue weighted by Crippen LogP contribution is 2.27. The highest BCUT2D eigenvalue weighted by molar-refractivity contribution is 5.93. The summed E-state index contributed by atoms with van der Waals surface area (Å²) >= 11 is 0. The molecule has 1 atom stereocenters. The molecule has 130 valence electrons. The van der Waals surface area contributed by atoms with E-state index in [1.807, 2.05) is 0 Å². The molecule has 1 saturated heterocycles. The number of non-ortho nitro benzene ring substituents is 1. The summed E-state index contributed by atoms with van der Waals surface area (Å²) in [4.78, 5) is 34.6. The number of rotatable bonds is 4. The van der Waals surface area contributed by atoms with Crippen molar-refractivity contribution < 1.29 is 24.0 Å². The van der Waals surface area contributed by atoms with Crippen molar-refractivity contribution in [2.24, 2.45) is 0 Å². The highest BCUT2D eigenvalue weighted by Gasteiger charge is 2.47. The molecule has 1 aromatic carbocycles. The maximum Gasteiger partial charge on any atom is 0.343 e. The van der Waals surface area contributed by atoms with Gasteiger partial charge in [0.05, 0.1) is 17.2 Å². The molecule has 1 aliphatic rings. The standard InChI is InChI=1S/C15H13FN4O5/c16-15(14(22)23)5-7-18(9-15)13(21)12-4-6-19(17-12)10-2-1-3-11(8-10)20(24)25/h1-4,6,8H,5,7,9H2,(H,22,23). The number of hydrogen-bond donors (Lipinski definition) is 1. The number of alkyl halides is 1. The second-order valence-electron chi connectivity index (χ2n) is 5.67. The number of carboxylic acids is 1. The molecule has 3 rings (SSSR count). The Balaban J connectivity index is 1.80. The summed E-state index contributed by atoms with van der Waals surface area (Å²) in [6, 6.07) is 7.09. The number of carbonyl (C=O) groups excluding carboxylic acids is 1. The Morgan fingerprint density at radius 3 is 2.76 bits per heavy atom. The lowest BCUT2D eigenvalue weighted by Gasteiger charge is -2.16. The van der Waals surface area contributed by atoms with E-state index < -0.39 is 29.0 Å². The Morgan fingerprint density at radius 2 is 2.12 bits per heavy atom. The Hall–Kier alpha value is -3.30. The number of aliphatic carboxylic acids is 1. The summed E-state index contributed by atoms with van der Waals surface area (Å²) < 4.78 is 15.4. The molecule has 9 nitrogen and oxygen atoms in total. The molecule has 10 heteroatoms. The van der Waals surface area contributed by atoms with Crippen molar-refractivity contribution in [2.75, 3.05) is 13.1 Å². The molecular formula is C15H13FN4O5. The van der Waals surface area contributed by atoms with Crippen LogP contribution in [0.3, 0.4) is 0 Å². The van der Waals surface area contributed by atoms with Gasteiger partial charge in [-0.1, -0.05) is 6.07 Å². The zero-order chi connectivity index (χ0) is 18.2. The van der Waals surface area contributed by atoms with E-state index in [9.17, 15) is 24.1 Å². The minimum Gasteiger partial charge on any atom is -0.479 e. The van der Waals surface area contributed by atoms with Crippen LogP contribution in [0.15, 0.2) is 36.5 Å². The molecule has 0 aliphatic carbocycles. The summed E-state index contributed by atoms with van der Waals surface area (Å²) in [7, 11) is 0. The molecule has 2 aromatic rings. The first kappa shape index (κ1) is 16.6. The van der Waals surface area contributed by atoms with E-state index in [-0.39, 0.29) is 24.3 Å². The predicted octanol–water partition coefficient (Wildman–Crippen LogP) is 1.42. The quantitative estimate of drug-likeness (QED) is 0.659. The zero-order valence-electron chi connectivity index (χ0n) is 12.8. The maximum absolute atomic E-state index is 14.1. The lowest BCUT2D eigenvalue weighted by Crippen LogP contribution is -2.39. The van der Waals surface area contributed by atoms with Gasteiger partial charge >= 0.3 is 5.97 Å². The number of halogens is 1. The average Bonchev–Trinajstić information content (AvgIpc) is 3.22. The monoisotopic (exact) mass is 348 g/mol. The Bertz CT molecular complexity index is 867. The largest absolute Gasteiger partial charge is 0.479 e. The number of nitro groups is 1. The van der Waals surface area contributed by atoms with E-state index >= 15 is 0 Å². The van der Waals surface area contributed by atoms with Gasteiger partial charge in [-0.25, -0.2) is 13.9 Å². The molecule has 1 N–H and O–H groups in total.